The van der Waals surface area contributed by atoms with Crippen LogP contribution in [0.4, 0.5) is 10.2 Å². The Morgan fingerprint density at radius 1 is 0.962 bits per heavy atom. The molecule has 132 valence electrons. The number of nitrogens with zero attached hydrogens (tertiary/aromatic N) is 3. The summed E-state index contributed by atoms with van der Waals surface area (Å²) in [6.45, 7) is 2.86. The van der Waals surface area contributed by atoms with Crippen LogP contribution in [0.15, 0.2) is 60.8 Å². The maximum atomic E-state index is 13.0. The van der Waals surface area contributed by atoms with Gasteiger partial charge in [0, 0.05) is 37.8 Å². The zero-order valence-corrected chi connectivity index (χ0v) is 14.4. The lowest BCUT2D eigenvalue weighted by molar-refractivity contribution is -0.130. The summed E-state index contributed by atoms with van der Waals surface area (Å²) in [5.74, 6) is 0.785. The van der Waals surface area contributed by atoms with E-state index < -0.39 is 0 Å². The van der Waals surface area contributed by atoms with E-state index in [0.717, 1.165) is 29.9 Å². The lowest BCUT2D eigenvalue weighted by atomic mass is 10.1. The Morgan fingerprint density at radius 3 is 2.46 bits per heavy atom. The van der Waals surface area contributed by atoms with Gasteiger partial charge in [-0.2, -0.15) is 0 Å². The number of piperazine rings is 1. The van der Waals surface area contributed by atoms with Crippen LogP contribution >= 0.6 is 0 Å². The highest BCUT2D eigenvalue weighted by molar-refractivity contribution is 5.92. The van der Waals surface area contributed by atoms with Crippen LogP contribution in [0, 0.1) is 5.82 Å². The zero-order valence-electron chi connectivity index (χ0n) is 14.4. The number of benzene rings is 2. The molecule has 0 atom stereocenters. The second-order valence-corrected chi connectivity index (χ2v) is 6.53. The normalized spacial score (nSPS) is 14.7. The van der Waals surface area contributed by atoms with E-state index in [-0.39, 0.29) is 11.7 Å². The molecule has 1 aliphatic rings. The van der Waals surface area contributed by atoms with Crippen LogP contribution in [0.1, 0.15) is 5.56 Å². The Morgan fingerprint density at radius 2 is 1.69 bits per heavy atom. The summed E-state index contributed by atoms with van der Waals surface area (Å²) >= 11 is 0. The molecule has 0 N–H and O–H groups in total. The van der Waals surface area contributed by atoms with Gasteiger partial charge in [0.15, 0.2) is 0 Å². The third-order valence-electron chi connectivity index (χ3n) is 4.85. The van der Waals surface area contributed by atoms with Crippen molar-refractivity contribution < 1.29 is 9.18 Å². The third-order valence-corrected chi connectivity index (χ3v) is 4.85. The third kappa shape index (κ3) is 3.38. The molecule has 1 saturated heterocycles. The number of pyridine rings is 1. The highest BCUT2D eigenvalue weighted by Crippen LogP contribution is 2.25. The van der Waals surface area contributed by atoms with Crippen molar-refractivity contribution in [2.45, 2.75) is 6.42 Å². The van der Waals surface area contributed by atoms with E-state index in [1.54, 1.807) is 12.1 Å². The molecule has 0 bridgehead atoms. The quantitative estimate of drug-likeness (QED) is 0.728. The molecule has 26 heavy (non-hydrogen) atoms. The van der Waals surface area contributed by atoms with Gasteiger partial charge in [-0.1, -0.05) is 36.4 Å². The van der Waals surface area contributed by atoms with E-state index in [1.165, 1.54) is 17.5 Å². The van der Waals surface area contributed by atoms with Crippen molar-refractivity contribution in [3.63, 3.8) is 0 Å². The summed E-state index contributed by atoms with van der Waals surface area (Å²) in [5.41, 5.74) is 0.842. The molecule has 1 aromatic heterocycles. The molecule has 0 saturated carbocycles. The van der Waals surface area contributed by atoms with Crippen LogP contribution in [0.3, 0.4) is 0 Å². The Bertz CT molecular complexity index is 913. The van der Waals surface area contributed by atoms with Gasteiger partial charge in [0.2, 0.25) is 5.91 Å². The van der Waals surface area contributed by atoms with Gasteiger partial charge in [-0.3, -0.25) is 4.79 Å². The minimum atomic E-state index is -0.280. The van der Waals surface area contributed by atoms with E-state index in [1.807, 2.05) is 29.3 Å². The topological polar surface area (TPSA) is 36.4 Å². The Balaban J connectivity index is 1.42. The molecule has 5 heteroatoms. The molecule has 1 aliphatic heterocycles. The highest BCUT2D eigenvalue weighted by Gasteiger charge is 2.22. The summed E-state index contributed by atoms with van der Waals surface area (Å²) in [6.07, 6.45) is 2.15. The summed E-state index contributed by atoms with van der Waals surface area (Å²) in [4.78, 5) is 21.2. The first-order chi connectivity index (χ1) is 12.7. The smallest absolute Gasteiger partial charge is 0.227 e. The standard InChI is InChI=1S/C21H20FN3O/c22-18-7-5-16(6-8-18)15-20(26)24-11-13-25(14-12-24)21-19-4-2-1-3-17(19)9-10-23-21/h1-10H,11-15H2. The summed E-state index contributed by atoms with van der Waals surface area (Å²) in [7, 11) is 0. The van der Waals surface area contributed by atoms with Crippen molar-refractivity contribution in [3.8, 4) is 0 Å². The summed E-state index contributed by atoms with van der Waals surface area (Å²) < 4.78 is 13.0. The fourth-order valence-electron chi connectivity index (χ4n) is 3.41. The van der Waals surface area contributed by atoms with Gasteiger partial charge in [0.25, 0.3) is 0 Å². The molecule has 4 rings (SSSR count). The lowest BCUT2D eigenvalue weighted by Gasteiger charge is -2.36. The molecule has 3 aromatic rings. The van der Waals surface area contributed by atoms with Gasteiger partial charge in [-0.15, -0.1) is 0 Å². The first kappa shape index (κ1) is 16.5. The first-order valence-electron chi connectivity index (χ1n) is 8.81. The van der Waals surface area contributed by atoms with Crippen molar-refractivity contribution in [1.29, 1.82) is 0 Å². The number of rotatable bonds is 3. The molecule has 0 radical (unpaired) electrons. The number of amides is 1. The molecule has 0 spiro atoms. The molecule has 0 unspecified atom stereocenters. The van der Waals surface area contributed by atoms with Crippen molar-refractivity contribution >= 4 is 22.5 Å². The predicted molar refractivity (Wildman–Crippen MR) is 101 cm³/mol. The summed E-state index contributed by atoms with van der Waals surface area (Å²) in [6, 6.07) is 16.4. The molecule has 4 nitrogen and oxygen atoms in total. The molecule has 2 heterocycles. The average Bonchev–Trinajstić information content (AvgIpc) is 2.69. The monoisotopic (exact) mass is 349 g/mol. The molecule has 2 aromatic carbocycles. The van der Waals surface area contributed by atoms with Crippen LogP contribution in [0.5, 0.6) is 0 Å². The van der Waals surface area contributed by atoms with Crippen LogP contribution in [0.2, 0.25) is 0 Å². The molecule has 1 amide bonds. The fourth-order valence-corrected chi connectivity index (χ4v) is 3.41. The van der Waals surface area contributed by atoms with Crippen LogP contribution in [0.25, 0.3) is 10.8 Å². The molecular weight excluding hydrogens is 329 g/mol. The van der Waals surface area contributed by atoms with Crippen molar-refractivity contribution in [2.24, 2.45) is 0 Å². The second kappa shape index (κ2) is 7.12. The number of halogens is 1. The molecule has 0 aliphatic carbocycles. The average molecular weight is 349 g/mol. The minimum Gasteiger partial charge on any atom is -0.353 e. The van der Waals surface area contributed by atoms with E-state index in [9.17, 15) is 9.18 Å². The minimum absolute atomic E-state index is 0.0853. The van der Waals surface area contributed by atoms with Crippen LogP contribution < -0.4 is 4.90 Å². The Labute approximate surface area is 151 Å². The van der Waals surface area contributed by atoms with Gasteiger partial charge in [-0.05, 0) is 29.1 Å². The number of carbonyl (C=O) groups excluding carboxylic acids is 1. The maximum Gasteiger partial charge on any atom is 0.227 e. The van der Waals surface area contributed by atoms with Gasteiger partial charge in [0.1, 0.15) is 11.6 Å². The van der Waals surface area contributed by atoms with E-state index in [0.29, 0.717) is 19.5 Å². The molecule has 1 fully saturated rings. The summed E-state index contributed by atoms with van der Waals surface area (Å²) in [5, 5.41) is 2.31. The van der Waals surface area contributed by atoms with Crippen molar-refractivity contribution in [3.05, 3.63) is 72.2 Å². The number of hydrogen-bond acceptors (Lipinski definition) is 3. The largest absolute Gasteiger partial charge is 0.353 e. The van der Waals surface area contributed by atoms with Gasteiger partial charge < -0.3 is 9.80 Å². The number of aromatic nitrogens is 1. The maximum absolute atomic E-state index is 13.0. The SMILES string of the molecule is O=C(Cc1ccc(F)cc1)N1CCN(c2nccc3ccccc23)CC1. The van der Waals surface area contributed by atoms with Crippen molar-refractivity contribution in [2.75, 3.05) is 31.1 Å². The van der Waals surface area contributed by atoms with Gasteiger partial charge in [-0.25, -0.2) is 9.37 Å². The number of fused-ring (bicyclic) bond motifs is 1. The zero-order chi connectivity index (χ0) is 17.9. The van der Waals surface area contributed by atoms with Crippen LogP contribution in [-0.2, 0) is 11.2 Å². The van der Waals surface area contributed by atoms with Gasteiger partial charge >= 0.3 is 0 Å². The van der Waals surface area contributed by atoms with Crippen LogP contribution in [-0.4, -0.2) is 42.0 Å². The van der Waals surface area contributed by atoms with E-state index >= 15 is 0 Å². The molecular formula is C21H20FN3O. The highest BCUT2D eigenvalue weighted by atomic mass is 19.1. The van der Waals surface area contributed by atoms with E-state index in [4.69, 9.17) is 0 Å². The van der Waals surface area contributed by atoms with E-state index in [2.05, 4.69) is 22.0 Å². The second-order valence-electron chi connectivity index (χ2n) is 6.53. The lowest BCUT2D eigenvalue weighted by Crippen LogP contribution is -2.49. The number of anilines is 1. The fraction of sp³-hybridized carbons (Fsp3) is 0.238. The van der Waals surface area contributed by atoms with Gasteiger partial charge in [0.05, 0.1) is 6.42 Å². The number of carbonyl (C=O) groups is 1. The number of hydrogen-bond donors (Lipinski definition) is 0. The Kier molecular flexibility index (Phi) is 4.52. The Hall–Kier alpha value is -2.95. The predicted octanol–water partition coefficient (Wildman–Crippen LogP) is 3.27. The van der Waals surface area contributed by atoms with Crippen molar-refractivity contribution in [1.82, 2.24) is 9.88 Å². The first-order valence-corrected chi connectivity index (χ1v) is 8.81.